The fourth-order valence-electron chi connectivity index (χ4n) is 4.53. The van der Waals surface area contributed by atoms with Crippen LogP contribution in [0, 0.1) is 11.2 Å². The summed E-state index contributed by atoms with van der Waals surface area (Å²) in [5.41, 5.74) is -1.22. The van der Waals surface area contributed by atoms with E-state index in [1.54, 1.807) is 18.2 Å². The molecule has 34 heavy (non-hydrogen) atoms. The van der Waals surface area contributed by atoms with Gasteiger partial charge in [0.2, 0.25) is 0 Å². The van der Waals surface area contributed by atoms with Crippen molar-refractivity contribution in [3.8, 4) is 0 Å². The number of hydrogen-bond donors (Lipinski definition) is 2. The molecule has 2 amide bonds. The highest BCUT2D eigenvalue weighted by atomic mass is 35.5. The van der Waals surface area contributed by atoms with Gasteiger partial charge in [-0.05, 0) is 61.2 Å². The number of anilines is 2. The summed E-state index contributed by atoms with van der Waals surface area (Å²) in [7, 11) is 0. The number of nitrogens with one attached hydrogen (secondary N) is 2. The SMILES string of the molecule is O=C(Nc1c(Cl)cccc1C(F)(F)F)N1CCC2(CCN(C(=S)Nc3ccccc3F)CC2)C1. The van der Waals surface area contributed by atoms with E-state index in [-0.39, 0.29) is 16.3 Å². The summed E-state index contributed by atoms with van der Waals surface area (Å²) in [6.45, 7) is 2.15. The molecular weight excluding hydrogens is 492 g/mol. The number of rotatable bonds is 2. The number of para-hydroxylation sites is 2. The van der Waals surface area contributed by atoms with E-state index in [1.807, 2.05) is 4.90 Å². The van der Waals surface area contributed by atoms with Gasteiger partial charge in [0.05, 0.1) is 22.0 Å². The van der Waals surface area contributed by atoms with Crippen LogP contribution in [0.2, 0.25) is 5.02 Å². The van der Waals surface area contributed by atoms with Crippen molar-refractivity contribution in [2.24, 2.45) is 5.41 Å². The summed E-state index contributed by atoms with van der Waals surface area (Å²) < 4.78 is 53.9. The third-order valence-electron chi connectivity index (χ3n) is 6.50. The van der Waals surface area contributed by atoms with Crippen LogP contribution in [0.1, 0.15) is 24.8 Å². The van der Waals surface area contributed by atoms with Gasteiger partial charge in [-0.1, -0.05) is 29.8 Å². The Morgan fingerprint density at radius 2 is 1.62 bits per heavy atom. The number of likely N-dealkylation sites (tertiary alicyclic amines) is 2. The van der Waals surface area contributed by atoms with Gasteiger partial charge in [0, 0.05) is 26.2 Å². The Hall–Kier alpha value is -2.59. The summed E-state index contributed by atoms with van der Waals surface area (Å²) in [6.07, 6.45) is -2.37. The van der Waals surface area contributed by atoms with Crippen LogP contribution in [0.5, 0.6) is 0 Å². The van der Waals surface area contributed by atoms with Gasteiger partial charge >= 0.3 is 12.2 Å². The number of alkyl halides is 3. The second kappa shape index (κ2) is 9.58. The summed E-state index contributed by atoms with van der Waals surface area (Å²) in [4.78, 5) is 16.3. The Morgan fingerprint density at radius 1 is 0.971 bits per heavy atom. The molecule has 0 bridgehead atoms. The Labute approximate surface area is 205 Å². The van der Waals surface area contributed by atoms with E-state index in [0.29, 0.717) is 37.0 Å². The molecule has 2 N–H and O–H groups in total. The summed E-state index contributed by atoms with van der Waals surface area (Å²) in [5, 5.41) is 5.58. The molecule has 2 heterocycles. The molecule has 5 nitrogen and oxygen atoms in total. The number of urea groups is 1. The monoisotopic (exact) mass is 514 g/mol. The van der Waals surface area contributed by atoms with Gasteiger partial charge in [-0.2, -0.15) is 13.2 Å². The molecule has 0 aliphatic carbocycles. The molecule has 0 radical (unpaired) electrons. The molecule has 0 atom stereocenters. The normalized spacial score (nSPS) is 17.7. The average molecular weight is 515 g/mol. The van der Waals surface area contributed by atoms with Gasteiger partial charge in [-0.15, -0.1) is 0 Å². The second-order valence-electron chi connectivity index (χ2n) is 8.66. The first-order valence-corrected chi connectivity index (χ1v) is 11.6. The minimum atomic E-state index is -4.64. The molecule has 1 spiro atoms. The maximum atomic E-state index is 13.9. The van der Waals surface area contributed by atoms with Crippen molar-refractivity contribution in [2.45, 2.75) is 25.4 Å². The Balaban J connectivity index is 1.35. The topological polar surface area (TPSA) is 47.6 Å². The molecule has 2 aromatic rings. The highest BCUT2D eigenvalue weighted by Gasteiger charge is 2.43. The number of thiocarbonyl (C=S) groups is 1. The van der Waals surface area contributed by atoms with Crippen LogP contribution < -0.4 is 10.6 Å². The molecule has 2 aromatic carbocycles. The van der Waals surface area contributed by atoms with Crippen molar-refractivity contribution < 1.29 is 22.4 Å². The highest BCUT2D eigenvalue weighted by molar-refractivity contribution is 7.80. The standard InChI is InChI=1S/C23H23ClF4N4OS/c24-16-5-3-4-15(23(26,27)28)19(16)30-20(33)32-13-10-22(14-32)8-11-31(12-9-22)21(34)29-18-7-2-1-6-17(18)25/h1-7H,8-14H2,(H,29,34)(H,30,33). The average Bonchev–Trinajstić information content (AvgIpc) is 3.20. The zero-order valence-corrected chi connectivity index (χ0v) is 19.7. The number of nitrogens with zero attached hydrogens (tertiary/aromatic N) is 2. The summed E-state index contributed by atoms with van der Waals surface area (Å²) in [6, 6.07) is 9.09. The molecule has 0 aromatic heterocycles. The van der Waals surface area contributed by atoms with E-state index in [0.717, 1.165) is 25.3 Å². The van der Waals surface area contributed by atoms with Gasteiger partial charge < -0.3 is 20.4 Å². The highest BCUT2D eigenvalue weighted by Crippen LogP contribution is 2.42. The first kappa shape index (κ1) is 24.5. The van der Waals surface area contributed by atoms with Crippen LogP contribution in [-0.2, 0) is 6.18 Å². The quantitative estimate of drug-likeness (QED) is 0.369. The van der Waals surface area contributed by atoms with Crippen LogP contribution >= 0.6 is 23.8 Å². The Bertz CT molecular complexity index is 1090. The molecule has 182 valence electrons. The number of amides is 2. The van der Waals surface area contributed by atoms with E-state index < -0.39 is 23.5 Å². The number of hydrogen-bond acceptors (Lipinski definition) is 2. The van der Waals surface area contributed by atoms with Crippen molar-refractivity contribution >= 4 is 46.3 Å². The number of benzene rings is 2. The zero-order valence-electron chi connectivity index (χ0n) is 18.1. The lowest BCUT2D eigenvalue weighted by atomic mass is 9.78. The van der Waals surface area contributed by atoms with Crippen LogP contribution in [0.4, 0.5) is 33.7 Å². The molecule has 0 unspecified atom stereocenters. The van der Waals surface area contributed by atoms with Crippen molar-refractivity contribution in [3.63, 3.8) is 0 Å². The maximum absolute atomic E-state index is 13.9. The second-order valence-corrected chi connectivity index (χ2v) is 9.45. The molecular formula is C23H23ClF4N4OS. The van der Waals surface area contributed by atoms with Gasteiger partial charge in [0.25, 0.3) is 0 Å². The Morgan fingerprint density at radius 3 is 2.26 bits per heavy atom. The van der Waals surface area contributed by atoms with Gasteiger partial charge in [0.1, 0.15) is 5.82 Å². The predicted octanol–water partition coefficient (Wildman–Crippen LogP) is 6.21. The number of carbonyl (C=O) groups excluding carboxylic acids is 1. The van der Waals surface area contributed by atoms with E-state index in [2.05, 4.69) is 10.6 Å². The number of piperidine rings is 1. The van der Waals surface area contributed by atoms with Crippen molar-refractivity contribution in [1.82, 2.24) is 9.80 Å². The van der Waals surface area contributed by atoms with E-state index in [9.17, 15) is 22.4 Å². The molecule has 2 aliphatic rings. The minimum absolute atomic E-state index is 0.130. The first-order valence-electron chi connectivity index (χ1n) is 10.8. The molecule has 2 aliphatic heterocycles. The van der Waals surface area contributed by atoms with Crippen molar-refractivity contribution in [2.75, 3.05) is 36.8 Å². The molecule has 2 saturated heterocycles. The molecule has 11 heteroatoms. The van der Waals surface area contributed by atoms with Crippen molar-refractivity contribution in [3.05, 3.63) is 58.9 Å². The zero-order chi connectivity index (χ0) is 24.5. The lowest BCUT2D eigenvalue weighted by Gasteiger charge is -2.40. The van der Waals surface area contributed by atoms with E-state index in [4.69, 9.17) is 23.8 Å². The fraction of sp³-hybridized carbons (Fsp3) is 0.391. The molecule has 4 rings (SSSR count). The number of carbonyl (C=O) groups is 1. The third-order valence-corrected chi connectivity index (χ3v) is 7.18. The van der Waals surface area contributed by atoms with E-state index >= 15 is 0 Å². The van der Waals surface area contributed by atoms with E-state index in [1.165, 1.54) is 23.1 Å². The maximum Gasteiger partial charge on any atom is 0.418 e. The third kappa shape index (κ3) is 5.22. The van der Waals surface area contributed by atoms with Crippen LogP contribution in [0.15, 0.2) is 42.5 Å². The lowest BCUT2D eigenvalue weighted by molar-refractivity contribution is -0.136. The number of halogens is 5. The predicted molar refractivity (Wildman–Crippen MR) is 128 cm³/mol. The minimum Gasteiger partial charge on any atom is -0.349 e. The smallest absolute Gasteiger partial charge is 0.349 e. The molecule has 0 saturated carbocycles. The Kier molecular flexibility index (Phi) is 6.91. The van der Waals surface area contributed by atoms with Gasteiger partial charge in [0.15, 0.2) is 5.11 Å². The van der Waals surface area contributed by atoms with Gasteiger partial charge in [-0.3, -0.25) is 0 Å². The van der Waals surface area contributed by atoms with Gasteiger partial charge in [-0.25, -0.2) is 9.18 Å². The summed E-state index contributed by atoms with van der Waals surface area (Å²) in [5.74, 6) is -0.386. The first-order chi connectivity index (χ1) is 16.1. The molecule has 2 fully saturated rings. The fourth-order valence-corrected chi connectivity index (χ4v) is 5.05. The lowest BCUT2D eigenvalue weighted by Crippen LogP contribution is -2.46. The van der Waals surface area contributed by atoms with Crippen LogP contribution in [0.3, 0.4) is 0 Å². The largest absolute Gasteiger partial charge is 0.418 e. The van der Waals surface area contributed by atoms with Crippen LogP contribution in [0.25, 0.3) is 0 Å². The summed E-state index contributed by atoms with van der Waals surface area (Å²) >= 11 is 11.4. The van der Waals surface area contributed by atoms with Crippen LogP contribution in [-0.4, -0.2) is 47.1 Å². The van der Waals surface area contributed by atoms with Crippen molar-refractivity contribution in [1.29, 1.82) is 0 Å².